The standard InChI is InChI=1S/C13H18N2O4S/c1-2-14(8-10-4-3-5-20-10)13(19)15-7-9(16)6-11(15)12(17)18/h3-5,9,11,16H,2,6-8H2,1H3,(H,17,18)/t9?,11-/m0/s1. The SMILES string of the molecule is CCN(Cc1cccs1)C(=O)N1CC(O)C[C@H]1C(=O)O. The number of nitrogens with zero attached hydrogens (tertiary/aromatic N) is 2. The number of aliphatic hydroxyl groups excluding tert-OH is 1. The highest BCUT2D eigenvalue weighted by Gasteiger charge is 2.40. The minimum atomic E-state index is -1.07. The molecular formula is C13H18N2O4S. The van der Waals surface area contributed by atoms with Gasteiger partial charge in [-0.2, -0.15) is 0 Å². The molecule has 1 fully saturated rings. The smallest absolute Gasteiger partial charge is 0.326 e. The van der Waals surface area contributed by atoms with Crippen LogP contribution in [0.3, 0.4) is 0 Å². The first-order valence-electron chi connectivity index (χ1n) is 6.51. The van der Waals surface area contributed by atoms with E-state index in [1.54, 1.807) is 16.2 Å². The van der Waals surface area contributed by atoms with Crippen molar-refractivity contribution in [2.75, 3.05) is 13.1 Å². The van der Waals surface area contributed by atoms with Gasteiger partial charge >= 0.3 is 12.0 Å². The van der Waals surface area contributed by atoms with Gasteiger partial charge in [-0.3, -0.25) is 0 Å². The van der Waals surface area contributed by atoms with Crippen LogP contribution in [0.25, 0.3) is 0 Å². The lowest BCUT2D eigenvalue weighted by Gasteiger charge is -2.29. The summed E-state index contributed by atoms with van der Waals surface area (Å²) in [6.45, 7) is 2.89. The van der Waals surface area contributed by atoms with Crippen LogP contribution in [0.2, 0.25) is 0 Å². The Morgan fingerprint density at radius 2 is 2.30 bits per heavy atom. The first-order chi connectivity index (χ1) is 9.52. The number of carboxylic acids is 1. The first-order valence-corrected chi connectivity index (χ1v) is 7.39. The van der Waals surface area contributed by atoms with Crippen molar-refractivity contribution in [3.8, 4) is 0 Å². The number of amides is 2. The third-order valence-corrected chi connectivity index (χ3v) is 4.25. The maximum Gasteiger partial charge on any atom is 0.326 e. The summed E-state index contributed by atoms with van der Waals surface area (Å²) in [5, 5.41) is 20.7. The average molecular weight is 298 g/mol. The number of thiophene rings is 1. The predicted molar refractivity (Wildman–Crippen MR) is 74.6 cm³/mol. The summed E-state index contributed by atoms with van der Waals surface area (Å²) in [7, 11) is 0. The molecule has 1 unspecified atom stereocenters. The Hall–Kier alpha value is -1.60. The summed E-state index contributed by atoms with van der Waals surface area (Å²) in [5.74, 6) is -1.07. The molecule has 0 bridgehead atoms. The zero-order chi connectivity index (χ0) is 14.7. The third kappa shape index (κ3) is 3.10. The van der Waals surface area contributed by atoms with Gasteiger partial charge in [0.15, 0.2) is 0 Å². The van der Waals surface area contributed by atoms with Gasteiger partial charge in [0.1, 0.15) is 6.04 Å². The molecular weight excluding hydrogens is 280 g/mol. The summed E-state index contributed by atoms with van der Waals surface area (Å²) in [4.78, 5) is 27.5. The van der Waals surface area contributed by atoms with Crippen LogP contribution in [0.15, 0.2) is 17.5 Å². The minimum Gasteiger partial charge on any atom is -0.480 e. The van der Waals surface area contributed by atoms with Crippen molar-refractivity contribution in [1.29, 1.82) is 0 Å². The number of aliphatic carboxylic acids is 1. The first kappa shape index (κ1) is 14.8. The number of aliphatic hydroxyl groups is 1. The van der Waals surface area contributed by atoms with E-state index in [-0.39, 0.29) is 19.0 Å². The Morgan fingerprint density at radius 1 is 1.55 bits per heavy atom. The lowest BCUT2D eigenvalue weighted by Crippen LogP contribution is -2.47. The van der Waals surface area contributed by atoms with Crippen molar-refractivity contribution < 1.29 is 19.8 Å². The zero-order valence-corrected chi connectivity index (χ0v) is 12.0. The summed E-state index contributed by atoms with van der Waals surface area (Å²) >= 11 is 1.56. The van der Waals surface area contributed by atoms with Crippen LogP contribution in [-0.2, 0) is 11.3 Å². The second kappa shape index (κ2) is 6.23. The summed E-state index contributed by atoms with van der Waals surface area (Å²) in [6.07, 6.45) is -0.669. The van der Waals surface area contributed by atoms with Gasteiger partial charge in [-0.1, -0.05) is 6.07 Å². The highest BCUT2D eigenvalue weighted by Crippen LogP contribution is 2.21. The molecule has 0 spiro atoms. The second-order valence-corrected chi connectivity index (χ2v) is 5.80. The van der Waals surface area contributed by atoms with Crippen LogP contribution in [0.4, 0.5) is 4.79 Å². The third-order valence-electron chi connectivity index (χ3n) is 3.39. The number of β-amino-alcohol motifs (C(OH)–C–C–N with tert-alkyl or cyclic N) is 1. The molecule has 0 saturated carbocycles. The van der Waals surface area contributed by atoms with Gasteiger partial charge in [-0.25, -0.2) is 9.59 Å². The molecule has 0 aliphatic carbocycles. The lowest BCUT2D eigenvalue weighted by molar-refractivity contribution is -0.141. The van der Waals surface area contributed by atoms with Gasteiger partial charge in [-0.15, -0.1) is 11.3 Å². The second-order valence-electron chi connectivity index (χ2n) is 4.77. The van der Waals surface area contributed by atoms with Crippen molar-refractivity contribution in [3.63, 3.8) is 0 Å². The van der Waals surface area contributed by atoms with E-state index < -0.39 is 18.1 Å². The number of rotatable bonds is 4. The van der Waals surface area contributed by atoms with E-state index in [2.05, 4.69) is 0 Å². The molecule has 1 aromatic heterocycles. The molecule has 0 radical (unpaired) electrons. The predicted octanol–water partition coefficient (Wildman–Crippen LogP) is 1.21. The maximum absolute atomic E-state index is 12.4. The number of carboxylic acid groups (broad SMARTS) is 1. The van der Waals surface area contributed by atoms with E-state index in [9.17, 15) is 14.7 Å². The monoisotopic (exact) mass is 298 g/mol. The molecule has 110 valence electrons. The van der Waals surface area contributed by atoms with Crippen LogP contribution in [0.1, 0.15) is 18.2 Å². The van der Waals surface area contributed by atoms with Gasteiger partial charge in [0.25, 0.3) is 0 Å². The summed E-state index contributed by atoms with van der Waals surface area (Å²) in [5.41, 5.74) is 0. The minimum absolute atomic E-state index is 0.0801. The van der Waals surface area contributed by atoms with E-state index in [4.69, 9.17) is 5.11 Å². The molecule has 2 amide bonds. The molecule has 2 atom stereocenters. The molecule has 20 heavy (non-hydrogen) atoms. The molecule has 2 heterocycles. The Bertz CT molecular complexity index is 477. The van der Waals surface area contributed by atoms with Crippen LogP contribution in [0.5, 0.6) is 0 Å². The van der Waals surface area contributed by atoms with E-state index in [1.807, 2.05) is 24.4 Å². The Balaban J connectivity index is 2.09. The van der Waals surface area contributed by atoms with Crippen LogP contribution >= 0.6 is 11.3 Å². The number of urea groups is 1. The van der Waals surface area contributed by atoms with Crippen LogP contribution in [0, 0.1) is 0 Å². The Labute approximate surface area is 121 Å². The largest absolute Gasteiger partial charge is 0.480 e. The van der Waals surface area contributed by atoms with E-state index in [0.29, 0.717) is 13.1 Å². The number of hydrogen-bond donors (Lipinski definition) is 2. The molecule has 2 rings (SSSR count). The normalized spacial score (nSPS) is 22.0. The van der Waals surface area contributed by atoms with Gasteiger partial charge < -0.3 is 20.0 Å². The molecule has 1 saturated heterocycles. The fourth-order valence-electron chi connectivity index (χ4n) is 2.35. The van der Waals surface area contributed by atoms with Crippen molar-refractivity contribution in [2.24, 2.45) is 0 Å². The van der Waals surface area contributed by atoms with E-state index in [0.717, 1.165) is 4.88 Å². The number of likely N-dealkylation sites (tertiary alicyclic amines) is 1. The Kier molecular flexibility index (Phi) is 4.61. The van der Waals surface area contributed by atoms with E-state index in [1.165, 1.54) is 4.90 Å². The molecule has 0 aromatic carbocycles. The number of carbonyl (C=O) groups excluding carboxylic acids is 1. The maximum atomic E-state index is 12.4. The van der Waals surface area contributed by atoms with Crippen molar-refractivity contribution in [1.82, 2.24) is 9.80 Å². The molecule has 7 heteroatoms. The highest BCUT2D eigenvalue weighted by molar-refractivity contribution is 7.09. The molecule has 1 aliphatic rings. The fourth-order valence-corrected chi connectivity index (χ4v) is 3.07. The molecule has 1 aromatic rings. The van der Waals surface area contributed by atoms with Crippen LogP contribution in [-0.4, -0.2) is 57.2 Å². The number of carbonyl (C=O) groups is 2. The zero-order valence-electron chi connectivity index (χ0n) is 11.2. The van der Waals surface area contributed by atoms with Gasteiger partial charge in [0, 0.05) is 24.4 Å². The topological polar surface area (TPSA) is 81.1 Å². The fraction of sp³-hybridized carbons (Fsp3) is 0.538. The number of hydrogen-bond acceptors (Lipinski definition) is 4. The highest BCUT2D eigenvalue weighted by atomic mass is 32.1. The average Bonchev–Trinajstić information content (AvgIpc) is 3.04. The molecule has 6 nitrogen and oxygen atoms in total. The van der Waals surface area contributed by atoms with Gasteiger partial charge in [-0.05, 0) is 18.4 Å². The Morgan fingerprint density at radius 3 is 2.85 bits per heavy atom. The van der Waals surface area contributed by atoms with Crippen molar-refractivity contribution in [3.05, 3.63) is 22.4 Å². The van der Waals surface area contributed by atoms with Gasteiger partial charge in [0.05, 0.1) is 12.6 Å². The summed E-state index contributed by atoms with van der Waals surface area (Å²) < 4.78 is 0. The quantitative estimate of drug-likeness (QED) is 0.875. The molecule has 1 aliphatic heterocycles. The van der Waals surface area contributed by atoms with E-state index >= 15 is 0 Å². The van der Waals surface area contributed by atoms with Gasteiger partial charge in [0.2, 0.25) is 0 Å². The summed E-state index contributed by atoms with van der Waals surface area (Å²) in [6, 6.07) is 2.59. The van der Waals surface area contributed by atoms with Crippen molar-refractivity contribution in [2.45, 2.75) is 32.0 Å². The van der Waals surface area contributed by atoms with Crippen LogP contribution < -0.4 is 0 Å². The molecule has 2 N–H and O–H groups in total. The lowest BCUT2D eigenvalue weighted by atomic mass is 10.2. The van der Waals surface area contributed by atoms with Crippen molar-refractivity contribution >= 4 is 23.3 Å².